The van der Waals surface area contributed by atoms with Gasteiger partial charge in [0.25, 0.3) is 0 Å². The van der Waals surface area contributed by atoms with Crippen LogP contribution in [0.2, 0.25) is 0 Å². The van der Waals surface area contributed by atoms with Crippen molar-refractivity contribution in [3.8, 4) is 0 Å². The Kier molecular flexibility index (Phi) is 3.11. The number of hydrogen-bond donors (Lipinski definition) is 5. The predicted octanol–water partition coefficient (Wildman–Crippen LogP) is -3.15. The zero-order valence-electron chi connectivity index (χ0n) is 10.5. The van der Waals surface area contributed by atoms with E-state index in [0.29, 0.717) is 11.5 Å². The minimum absolute atomic E-state index is 0.152. The number of aromatic nitrogens is 2. The van der Waals surface area contributed by atoms with E-state index in [1.165, 1.54) is 15.9 Å². The normalized spacial score (nSPS) is 33.2. The van der Waals surface area contributed by atoms with Crippen LogP contribution in [-0.2, 0) is 4.74 Å². The van der Waals surface area contributed by atoms with Crippen LogP contribution in [0.4, 0.5) is 5.82 Å². The molecule has 1 aromatic rings. The molecule has 0 saturated carbocycles. The molecule has 0 amide bonds. The summed E-state index contributed by atoms with van der Waals surface area (Å²) in [7, 11) is 0. The molecular weight excluding hydrogens is 268 g/mol. The number of fused-ring (bicyclic) bond motifs is 1. The molecule has 1 fully saturated rings. The van der Waals surface area contributed by atoms with Crippen LogP contribution in [0.15, 0.2) is 11.3 Å². The first-order valence-electron chi connectivity index (χ1n) is 6.06. The van der Waals surface area contributed by atoms with Crippen molar-refractivity contribution in [2.75, 3.05) is 18.3 Å². The van der Waals surface area contributed by atoms with Crippen molar-refractivity contribution in [2.24, 2.45) is 16.6 Å². The van der Waals surface area contributed by atoms with E-state index in [-0.39, 0.29) is 12.5 Å². The topological polar surface area (TPSA) is 155 Å². The molecule has 0 bridgehead atoms. The first kappa shape index (κ1) is 13.3. The third kappa shape index (κ3) is 1.77. The minimum atomic E-state index is -1.21. The number of nitrogens with zero attached hydrogens (tertiary/aromatic N) is 4. The van der Waals surface area contributed by atoms with E-state index in [0.717, 1.165) is 0 Å². The number of nitrogens with two attached hydrogens (primary N) is 2. The lowest BCUT2D eigenvalue weighted by atomic mass is 10.1. The number of aliphatic hydroxyl groups is 3. The highest BCUT2D eigenvalue weighted by Crippen LogP contribution is 2.34. The molecule has 2 aliphatic heterocycles. The van der Waals surface area contributed by atoms with Crippen LogP contribution >= 0.6 is 0 Å². The first-order valence-corrected chi connectivity index (χ1v) is 6.06. The first-order chi connectivity index (χ1) is 9.54. The van der Waals surface area contributed by atoms with Gasteiger partial charge in [0.15, 0.2) is 12.0 Å². The van der Waals surface area contributed by atoms with Gasteiger partial charge in [-0.3, -0.25) is 9.58 Å². The van der Waals surface area contributed by atoms with E-state index in [4.69, 9.17) is 21.4 Å². The van der Waals surface area contributed by atoms with Crippen LogP contribution in [-0.4, -0.2) is 62.3 Å². The minimum Gasteiger partial charge on any atom is -0.394 e. The summed E-state index contributed by atoms with van der Waals surface area (Å²) in [5, 5.41) is 30.2. The van der Waals surface area contributed by atoms with Crippen LogP contribution in [0.3, 0.4) is 0 Å². The smallest absolute Gasteiger partial charge is 0.165 e. The van der Waals surface area contributed by atoms with Gasteiger partial charge in [0.05, 0.1) is 12.9 Å². The molecule has 3 heterocycles. The summed E-state index contributed by atoms with van der Waals surface area (Å²) >= 11 is 0. The number of hydrogen-bond acceptors (Lipinski definition) is 9. The van der Waals surface area contributed by atoms with Gasteiger partial charge in [0.2, 0.25) is 0 Å². The summed E-state index contributed by atoms with van der Waals surface area (Å²) in [6.45, 7) is -0.249. The molecule has 0 unspecified atom stereocenters. The molecule has 0 spiro atoms. The highest BCUT2D eigenvalue weighted by atomic mass is 16.6. The summed E-state index contributed by atoms with van der Waals surface area (Å²) < 4.78 is 6.91. The maximum atomic E-state index is 10.0. The van der Waals surface area contributed by atoms with Crippen molar-refractivity contribution in [2.45, 2.75) is 24.5 Å². The molecular formula is C10H16N6O4. The van der Waals surface area contributed by atoms with Gasteiger partial charge < -0.3 is 25.8 Å². The number of ether oxygens (including phenoxy) is 1. The zero-order valence-corrected chi connectivity index (χ0v) is 10.5. The van der Waals surface area contributed by atoms with Crippen molar-refractivity contribution in [3.05, 3.63) is 12.0 Å². The highest BCUT2D eigenvalue weighted by molar-refractivity contribution is 6.01. The molecule has 10 nitrogen and oxygen atoms in total. The number of anilines is 1. The molecule has 7 N–H and O–H groups in total. The van der Waals surface area contributed by atoms with E-state index in [2.05, 4.69) is 9.98 Å². The third-order valence-corrected chi connectivity index (χ3v) is 3.47. The van der Waals surface area contributed by atoms with E-state index < -0.39 is 31.1 Å². The van der Waals surface area contributed by atoms with Gasteiger partial charge >= 0.3 is 0 Å². The summed E-state index contributed by atoms with van der Waals surface area (Å²) in [6.07, 6.45) is -2.77. The summed E-state index contributed by atoms with van der Waals surface area (Å²) in [4.78, 5) is 8.08. The molecule has 3 rings (SSSR count). The number of aliphatic hydroxyl groups excluding tert-OH is 3. The Morgan fingerprint density at radius 3 is 2.80 bits per heavy atom. The average Bonchev–Trinajstić information content (AvgIpc) is 2.99. The third-order valence-electron chi connectivity index (χ3n) is 3.47. The molecule has 0 aliphatic carbocycles. The standard InChI is InChI=1S/C10H16N6O4/c11-8-5-9(16(12)3-14-8)15(2-13-5)10-7(19)6(18)4(1-17)20-10/h2,4,6-7,10,17-19H,1,3,12H2,(H2,11,14)/t4-,6-,7-,10-/m1/s1. The number of rotatable bonds is 2. The van der Waals surface area contributed by atoms with Crippen molar-refractivity contribution < 1.29 is 20.1 Å². The maximum Gasteiger partial charge on any atom is 0.165 e. The van der Waals surface area contributed by atoms with Crippen molar-refractivity contribution >= 4 is 11.7 Å². The predicted molar refractivity (Wildman–Crippen MR) is 67.5 cm³/mol. The molecule has 2 aliphatic rings. The van der Waals surface area contributed by atoms with E-state index in [9.17, 15) is 10.2 Å². The second-order valence-corrected chi connectivity index (χ2v) is 4.71. The Labute approximate surface area is 113 Å². The molecule has 10 heteroatoms. The fourth-order valence-electron chi connectivity index (χ4n) is 2.41. The van der Waals surface area contributed by atoms with Gasteiger partial charge in [-0.05, 0) is 0 Å². The SMILES string of the molecule is NC1=NCN(N)c2c1ncn2[C@@H]1O[C@H](CO)[C@@H](O)[C@H]1O. The molecule has 4 atom stereocenters. The van der Waals surface area contributed by atoms with E-state index in [1.807, 2.05) is 0 Å². The van der Waals surface area contributed by atoms with Crippen molar-refractivity contribution in [3.63, 3.8) is 0 Å². The maximum absolute atomic E-state index is 10.0. The number of amidine groups is 1. The Hall–Kier alpha value is -1.72. The second kappa shape index (κ2) is 4.68. The lowest BCUT2D eigenvalue weighted by Gasteiger charge is -2.26. The van der Waals surface area contributed by atoms with Gasteiger partial charge in [-0.1, -0.05) is 0 Å². The molecule has 1 aromatic heterocycles. The van der Waals surface area contributed by atoms with Gasteiger partial charge in [-0.2, -0.15) is 0 Å². The van der Waals surface area contributed by atoms with Gasteiger partial charge in [-0.15, -0.1) is 0 Å². The summed E-state index contributed by atoms with van der Waals surface area (Å²) in [6, 6.07) is 0. The fraction of sp³-hybridized carbons (Fsp3) is 0.600. The second-order valence-electron chi connectivity index (χ2n) is 4.71. The van der Waals surface area contributed by atoms with Gasteiger partial charge in [0, 0.05) is 0 Å². The van der Waals surface area contributed by atoms with Crippen LogP contribution in [0.5, 0.6) is 0 Å². The van der Waals surface area contributed by atoms with Crippen LogP contribution in [0, 0.1) is 0 Å². The molecule has 0 radical (unpaired) electrons. The van der Waals surface area contributed by atoms with Crippen molar-refractivity contribution in [1.29, 1.82) is 0 Å². The monoisotopic (exact) mass is 284 g/mol. The van der Waals surface area contributed by atoms with Gasteiger partial charge in [0.1, 0.15) is 36.5 Å². The Morgan fingerprint density at radius 2 is 2.15 bits per heavy atom. The highest BCUT2D eigenvalue weighted by Gasteiger charge is 2.44. The average molecular weight is 284 g/mol. The molecule has 110 valence electrons. The van der Waals surface area contributed by atoms with Crippen LogP contribution in [0.1, 0.15) is 11.9 Å². The zero-order chi connectivity index (χ0) is 14.4. The lowest BCUT2D eigenvalue weighted by molar-refractivity contribution is -0.0521. The molecule has 1 saturated heterocycles. The number of aliphatic imine (C=N–C) groups is 1. The Balaban J connectivity index is 1.99. The quantitative estimate of drug-likeness (QED) is 0.356. The van der Waals surface area contributed by atoms with Crippen molar-refractivity contribution in [1.82, 2.24) is 9.55 Å². The fourth-order valence-corrected chi connectivity index (χ4v) is 2.41. The molecule has 20 heavy (non-hydrogen) atoms. The Morgan fingerprint density at radius 1 is 1.40 bits per heavy atom. The van der Waals surface area contributed by atoms with Crippen LogP contribution < -0.4 is 16.6 Å². The number of imidazole rings is 1. The van der Waals surface area contributed by atoms with E-state index >= 15 is 0 Å². The summed E-state index contributed by atoms with van der Waals surface area (Å²) in [5.74, 6) is 6.51. The van der Waals surface area contributed by atoms with Crippen LogP contribution in [0.25, 0.3) is 0 Å². The Bertz CT molecular complexity index is 546. The van der Waals surface area contributed by atoms with Gasteiger partial charge in [-0.25, -0.2) is 15.8 Å². The summed E-state index contributed by atoms with van der Waals surface area (Å²) in [5.41, 5.74) is 6.12. The number of hydrazine groups is 1. The lowest BCUT2D eigenvalue weighted by Crippen LogP contribution is -2.40. The van der Waals surface area contributed by atoms with E-state index in [1.54, 1.807) is 0 Å². The largest absolute Gasteiger partial charge is 0.394 e. The molecule has 0 aromatic carbocycles.